The van der Waals surface area contributed by atoms with Crippen LogP contribution in [0.4, 0.5) is 0 Å². The average Bonchev–Trinajstić information content (AvgIpc) is 2.56. The van der Waals surface area contributed by atoms with Gasteiger partial charge in [0, 0.05) is 6.54 Å². The number of nitrogens with one attached hydrogen (secondary N) is 1. The van der Waals surface area contributed by atoms with Crippen molar-refractivity contribution in [1.29, 1.82) is 0 Å². The van der Waals surface area contributed by atoms with Crippen LogP contribution in [-0.2, 0) is 14.8 Å². The fourth-order valence-corrected chi connectivity index (χ4v) is 3.70. The molecule has 9 heteroatoms. The van der Waals surface area contributed by atoms with E-state index in [4.69, 9.17) is 21.8 Å². The van der Waals surface area contributed by atoms with Gasteiger partial charge in [0.25, 0.3) is 0 Å². The molecule has 17 heavy (non-hydrogen) atoms. The Kier molecular flexibility index (Phi) is 4.50. The number of aliphatic carboxylic acids is 1. The molecule has 1 aromatic rings. The van der Waals surface area contributed by atoms with Gasteiger partial charge in [0.1, 0.15) is 4.21 Å². The third-order valence-electron chi connectivity index (χ3n) is 1.85. The summed E-state index contributed by atoms with van der Waals surface area (Å²) in [6.45, 7) is 1.07. The molecule has 0 aliphatic heterocycles. The molecule has 0 bridgehead atoms. The Morgan fingerprint density at radius 2 is 2.24 bits per heavy atom. The Balaban J connectivity index is 2.79. The highest BCUT2D eigenvalue weighted by molar-refractivity contribution is 7.91. The van der Waals surface area contributed by atoms with Gasteiger partial charge in [-0.1, -0.05) is 11.6 Å². The van der Waals surface area contributed by atoms with Crippen molar-refractivity contribution in [3.05, 3.63) is 16.0 Å². The first kappa shape index (κ1) is 14.4. The van der Waals surface area contributed by atoms with Crippen LogP contribution in [0.1, 0.15) is 5.56 Å². The monoisotopic (exact) mass is 299 g/mol. The van der Waals surface area contributed by atoms with Gasteiger partial charge in [-0.25, -0.2) is 17.9 Å². The van der Waals surface area contributed by atoms with E-state index in [1.54, 1.807) is 6.92 Å². The number of aryl methyl sites for hydroxylation is 1. The zero-order valence-corrected chi connectivity index (χ0v) is 11.1. The number of halogens is 1. The van der Waals surface area contributed by atoms with E-state index in [0.29, 0.717) is 9.90 Å². The van der Waals surface area contributed by atoms with E-state index in [-0.39, 0.29) is 4.21 Å². The highest BCUT2D eigenvalue weighted by Gasteiger charge is 2.21. The van der Waals surface area contributed by atoms with E-state index < -0.39 is 28.6 Å². The van der Waals surface area contributed by atoms with Crippen molar-refractivity contribution in [2.24, 2.45) is 0 Å². The van der Waals surface area contributed by atoms with Crippen molar-refractivity contribution in [3.8, 4) is 0 Å². The zero-order chi connectivity index (χ0) is 13.2. The number of carboxylic acids is 1. The second-order valence-corrected chi connectivity index (χ2v) is 6.88. The quantitative estimate of drug-likeness (QED) is 0.731. The number of hydrogen-bond donors (Lipinski definition) is 3. The predicted molar refractivity (Wildman–Crippen MR) is 62.9 cm³/mol. The molecule has 0 saturated carbocycles. The molecule has 1 aromatic heterocycles. The van der Waals surface area contributed by atoms with Crippen molar-refractivity contribution in [1.82, 2.24) is 4.72 Å². The molecule has 0 aromatic carbocycles. The SMILES string of the molecule is Cc1cc(S(=O)(=O)NC[C@H](O)C(=O)O)sc1Cl. The zero-order valence-electron chi connectivity index (χ0n) is 8.68. The number of aliphatic hydroxyl groups is 1. The van der Waals surface area contributed by atoms with Crippen molar-refractivity contribution in [2.75, 3.05) is 6.54 Å². The van der Waals surface area contributed by atoms with Crippen LogP contribution in [-0.4, -0.2) is 37.2 Å². The summed E-state index contributed by atoms with van der Waals surface area (Å²) in [6.07, 6.45) is -1.78. The van der Waals surface area contributed by atoms with Crippen LogP contribution in [0.15, 0.2) is 10.3 Å². The molecule has 0 spiro atoms. The minimum atomic E-state index is -3.83. The largest absolute Gasteiger partial charge is 0.479 e. The van der Waals surface area contributed by atoms with Crippen LogP contribution in [0.2, 0.25) is 4.34 Å². The molecule has 6 nitrogen and oxygen atoms in total. The number of carboxylic acid groups (broad SMARTS) is 1. The highest BCUT2D eigenvalue weighted by atomic mass is 35.5. The van der Waals surface area contributed by atoms with Crippen LogP contribution in [0.5, 0.6) is 0 Å². The lowest BCUT2D eigenvalue weighted by Crippen LogP contribution is -2.36. The second-order valence-electron chi connectivity index (χ2n) is 3.23. The van der Waals surface area contributed by atoms with Gasteiger partial charge in [0.05, 0.1) is 4.34 Å². The first-order valence-corrected chi connectivity index (χ1v) is 7.08. The Labute approximate surface area is 107 Å². The summed E-state index contributed by atoms with van der Waals surface area (Å²) < 4.78 is 25.6. The molecule has 1 heterocycles. The normalized spacial score (nSPS) is 13.6. The van der Waals surface area contributed by atoms with Crippen LogP contribution in [0, 0.1) is 6.92 Å². The summed E-state index contributed by atoms with van der Waals surface area (Å²) in [4.78, 5) is 10.3. The first-order valence-electron chi connectivity index (χ1n) is 4.40. The minimum Gasteiger partial charge on any atom is -0.479 e. The molecule has 0 aliphatic rings. The molecule has 3 N–H and O–H groups in total. The fraction of sp³-hybridized carbons (Fsp3) is 0.375. The summed E-state index contributed by atoms with van der Waals surface area (Å²) in [6, 6.07) is 1.38. The van der Waals surface area contributed by atoms with Gasteiger partial charge in [0.15, 0.2) is 6.10 Å². The highest BCUT2D eigenvalue weighted by Crippen LogP contribution is 2.29. The molecule has 0 unspecified atom stereocenters. The van der Waals surface area contributed by atoms with E-state index in [2.05, 4.69) is 0 Å². The van der Waals surface area contributed by atoms with Crippen LogP contribution < -0.4 is 4.72 Å². The number of carbonyl (C=O) groups is 1. The molecule has 0 fully saturated rings. The van der Waals surface area contributed by atoms with Gasteiger partial charge in [-0.05, 0) is 18.6 Å². The number of sulfonamides is 1. The molecule has 0 radical (unpaired) electrons. The summed E-state index contributed by atoms with van der Waals surface area (Å²) >= 11 is 6.60. The number of hydrogen-bond acceptors (Lipinski definition) is 5. The Bertz CT molecular complexity index is 505. The summed E-state index contributed by atoms with van der Waals surface area (Å²) in [5, 5.41) is 17.3. The molecule has 1 atom stereocenters. The molecule has 1 rings (SSSR count). The van der Waals surface area contributed by atoms with E-state index in [1.807, 2.05) is 4.72 Å². The van der Waals surface area contributed by atoms with Gasteiger partial charge >= 0.3 is 5.97 Å². The van der Waals surface area contributed by atoms with E-state index in [1.165, 1.54) is 6.07 Å². The topological polar surface area (TPSA) is 104 Å². The van der Waals surface area contributed by atoms with Crippen molar-refractivity contribution >= 4 is 38.9 Å². The maximum atomic E-state index is 11.7. The standard InChI is InChI=1S/C8H10ClNO5S2/c1-4-2-6(16-7(4)9)17(14,15)10-3-5(11)8(12)13/h2,5,10-11H,3H2,1H3,(H,12,13)/t5-/m0/s1. The lowest BCUT2D eigenvalue weighted by Gasteiger charge is -2.06. The van der Waals surface area contributed by atoms with Crippen LogP contribution in [0.3, 0.4) is 0 Å². The number of rotatable bonds is 5. The van der Waals surface area contributed by atoms with E-state index in [9.17, 15) is 13.2 Å². The van der Waals surface area contributed by atoms with Gasteiger partial charge in [-0.3, -0.25) is 0 Å². The van der Waals surface area contributed by atoms with Crippen LogP contribution in [0.25, 0.3) is 0 Å². The molecular formula is C8H10ClNO5S2. The smallest absolute Gasteiger partial charge is 0.333 e. The summed E-state index contributed by atoms with van der Waals surface area (Å²) in [5.74, 6) is -1.49. The Morgan fingerprint density at radius 3 is 2.65 bits per heavy atom. The predicted octanol–water partition coefficient (Wildman–Crippen LogP) is 0.434. The van der Waals surface area contributed by atoms with Gasteiger partial charge in [-0.15, -0.1) is 11.3 Å². The summed E-state index contributed by atoms with van der Waals surface area (Å²) in [5.41, 5.74) is 0.621. The lowest BCUT2D eigenvalue weighted by molar-refractivity contribution is -0.146. The van der Waals surface area contributed by atoms with Gasteiger partial charge in [-0.2, -0.15) is 0 Å². The molecule has 0 amide bonds. The molecular weight excluding hydrogens is 290 g/mol. The van der Waals surface area contributed by atoms with E-state index in [0.717, 1.165) is 11.3 Å². The Hall–Kier alpha value is -0.670. The first-order chi connectivity index (χ1) is 7.74. The fourth-order valence-electron chi connectivity index (χ4n) is 0.911. The summed E-state index contributed by atoms with van der Waals surface area (Å²) in [7, 11) is -3.83. The third kappa shape index (κ3) is 3.65. The number of thiophene rings is 1. The average molecular weight is 300 g/mol. The minimum absolute atomic E-state index is 0.0161. The maximum Gasteiger partial charge on any atom is 0.333 e. The molecule has 96 valence electrons. The van der Waals surface area contributed by atoms with Crippen LogP contribution >= 0.6 is 22.9 Å². The number of aliphatic hydroxyl groups excluding tert-OH is 1. The van der Waals surface area contributed by atoms with Crippen molar-refractivity contribution in [2.45, 2.75) is 17.2 Å². The lowest BCUT2D eigenvalue weighted by atomic mass is 10.4. The van der Waals surface area contributed by atoms with Crippen molar-refractivity contribution in [3.63, 3.8) is 0 Å². The van der Waals surface area contributed by atoms with Gasteiger partial charge in [0.2, 0.25) is 10.0 Å². The van der Waals surface area contributed by atoms with Gasteiger partial charge < -0.3 is 10.2 Å². The third-order valence-corrected chi connectivity index (χ3v) is 5.30. The second kappa shape index (κ2) is 5.32. The Morgan fingerprint density at radius 1 is 1.65 bits per heavy atom. The molecule has 0 aliphatic carbocycles. The van der Waals surface area contributed by atoms with E-state index >= 15 is 0 Å². The van der Waals surface area contributed by atoms with Crippen molar-refractivity contribution < 1.29 is 23.4 Å². The molecule has 0 saturated heterocycles. The maximum absolute atomic E-state index is 11.7.